The van der Waals surface area contributed by atoms with Gasteiger partial charge in [0, 0.05) is 13.7 Å². The molecule has 3 heteroatoms. The SMILES string of the molecule is CCCOCC(O)C(C)OC. The first-order chi connectivity index (χ1) is 5.22. The molecule has 0 radical (unpaired) electrons. The lowest BCUT2D eigenvalue weighted by atomic mass is 10.2. The maximum absolute atomic E-state index is 9.29. The highest BCUT2D eigenvalue weighted by Gasteiger charge is 2.12. The average molecular weight is 162 g/mol. The maximum atomic E-state index is 9.29. The van der Waals surface area contributed by atoms with Crippen LogP contribution in [0.1, 0.15) is 20.3 Å². The van der Waals surface area contributed by atoms with Crippen molar-refractivity contribution in [3.05, 3.63) is 0 Å². The molecule has 0 aromatic rings. The van der Waals surface area contributed by atoms with E-state index >= 15 is 0 Å². The molecule has 11 heavy (non-hydrogen) atoms. The van der Waals surface area contributed by atoms with Crippen LogP contribution >= 0.6 is 0 Å². The summed E-state index contributed by atoms with van der Waals surface area (Å²) in [5, 5.41) is 9.29. The fourth-order valence-corrected chi connectivity index (χ4v) is 0.641. The van der Waals surface area contributed by atoms with E-state index in [4.69, 9.17) is 9.47 Å². The number of rotatable bonds is 6. The second-order valence-corrected chi connectivity index (χ2v) is 2.58. The number of hydrogen-bond acceptors (Lipinski definition) is 3. The van der Waals surface area contributed by atoms with E-state index in [9.17, 15) is 5.11 Å². The standard InChI is InChI=1S/C8H18O3/c1-4-5-11-6-8(9)7(2)10-3/h7-9H,4-6H2,1-3H3. The Morgan fingerprint density at radius 2 is 2.09 bits per heavy atom. The molecule has 0 aliphatic heterocycles. The van der Waals surface area contributed by atoms with Crippen molar-refractivity contribution in [2.45, 2.75) is 32.5 Å². The Kier molecular flexibility index (Phi) is 6.51. The van der Waals surface area contributed by atoms with E-state index in [0.29, 0.717) is 13.2 Å². The van der Waals surface area contributed by atoms with Crippen molar-refractivity contribution in [1.82, 2.24) is 0 Å². The van der Waals surface area contributed by atoms with Gasteiger partial charge in [-0.1, -0.05) is 6.92 Å². The number of aliphatic hydroxyl groups is 1. The molecule has 0 spiro atoms. The van der Waals surface area contributed by atoms with Crippen molar-refractivity contribution < 1.29 is 14.6 Å². The third-order valence-electron chi connectivity index (χ3n) is 1.55. The van der Waals surface area contributed by atoms with Gasteiger partial charge < -0.3 is 14.6 Å². The molecular weight excluding hydrogens is 144 g/mol. The normalized spacial score (nSPS) is 16.4. The molecule has 0 aliphatic carbocycles. The maximum Gasteiger partial charge on any atom is 0.103 e. The Morgan fingerprint density at radius 3 is 2.55 bits per heavy atom. The summed E-state index contributed by atoms with van der Waals surface area (Å²) in [7, 11) is 1.58. The van der Waals surface area contributed by atoms with Gasteiger partial charge in [0.25, 0.3) is 0 Å². The molecule has 0 fully saturated rings. The predicted molar refractivity (Wildman–Crippen MR) is 43.6 cm³/mol. The third kappa shape index (κ3) is 5.18. The smallest absolute Gasteiger partial charge is 0.103 e. The molecular formula is C8H18O3. The Morgan fingerprint density at radius 1 is 1.45 bits per heavy atom. The molecule has 0 aromatic heterocycles. The lowest BCUT2D eigenvalue weighted by Crippen LogP contribution is -2.29. The van der Waals surface area contributed by atoms with Crippen molar-refractivity contribution in [3.8, 4) is 0 Å². The van der Waals surface area contributed by atoms with Crippen LogP contribution in [0.15, 0.2) is 0 Å². The number of aliphatic hydroxyl groups excluding tert-OH is 1. The van der Waals surface area contributed by atoms with Gasteiger partial charge in [0.1, 0.15) is 6.10 Å². The predicted octanol–water partition coefficient (Wildman–Crippen LogP) is 0.809. The van der Waals surface area contributed by atoms with Crippen molar-refractivity contribution in [3.63, 3.8) is 0 Å². The van der Waals surface area contributed by atoms with Gasteiger partial charge in [-0.2, -0.15) is 0 Å². The molecule has 0 heterocycles. The minimum absolute atomic E-state index is 0.146. The minimum atomic E-state index is -0.508. The van der Waals surface area contributed by atoms with Gasteiger partial charge in [0.05, 0.1) is 12.7 Å². The largest absolute Gasteiger partial charge is 0.388 e. The summed E-state index contributed by atoms with van der Waals surface area (Å²) in [6, 6.07) is 0. The third-order valence-corrected chi connectivity index (χ3v) is 1.55. The summed E-state index contributed by atoms with van der Waals surface area (Å²) in [6.45, 7) is 4.92. The van der Waals surface area contributed by atoms with Gasteiger partial charge in [0.2, 0.25) is 0 Å². The highest BCUT2D eigenvalue weighted by molar-refractivity contribution is 4.61. The summed E-state index contributed by atoms with van der Waals surface area (Å²) < 4.78 is 10.1. The number of methoxy groups -OCH3 is 1. The Labute approximate surface area is 68.3 Å². The molecule has 0 saturated heterocycles. The van der Waals surface area contributed by atoms with Crippen molar-refractivity contribution in [1.29, 1.82) is 0 Å². The average Bonchev–Trinajstić information content (AvgIpc) is 2.03. The molecule has 1 N–H and O–H groups in total. The van der Waals surface area contributed by atoms with Gasteiger partial charge in [-0.15, -0.1) is 0 Å². The first-order valence-corrected chi connectivity index (χ1v) is 4.01. The van der Waals surface area contributed by atoms with Crippen molar-refractivity contribution >= 4 is 0 Å². The van der Waals surface area contributed by atoms with E-state index in [1.54, 1.807) is 7.11 Å². The van der Waals surface area contributed by atoms with Gasteiger partial charge in [-0.05, 0) is 13.3 Å². The van der Waals surface area contributed by atoms with Crippen LogP contribution in [0.3, 0.4) is 0 Å². The molecule has 2 atom stereocenters. The quantitative estimate of drug-likeness (QED) is 0.587. The molecule has 0 saturated carbocycles. The van der Waals surface area contributed by atoms with Crippen LogP contribution < -0.4 is 0 Å². The van der Waals surface area contributed by atoms with Gasteiger partial charge in [0.15, 0.2) is 0 Å². The first kappa shape index (κ1) is 10.9. The molecule has 3 nitrogen and oxygen atoms in total. The zero-order valence-corrected chi connectivity index (χ0v) is 7.54. The first-order valence-electron chi connectivity index (χ1n) is 4.01. The van der Waals surface area contributed by atoms with Crippen LogP contribution in [0.4, 0.5) is 0 Å². The summed E-state index contributed by atoms with van der Waals surface area (Å²) in [6.07, 6.45) is 0.326. The molecule has 0 aromatic carbocycles. The number of ether oxygens (including phenoxy) is 2. The van der Waals surface area contributed by atoms with Crippen LogP contribution in [0.5, 0.6) is 0 Å². The van der Waals surface area contributed by atoms with Crippen LogP contribution in [-0.2, 0) is 9.47 Å². The van der Waals surface area contributed by atoms with Crippen molar-refractivity contribution in [2.24, 2.45) is 0 Å². The minimum Gasteiger partial charge on any atom is -0.388 e. The van der Waals surface area contributed by atoms with Crippen LogP contribution in [0.25, 0.3) is 0 Å². The Hall–Kier alpha value is -0.120. The lowest BCUT2D eigenvalue weighted by Gasteiger charge is -2.16. The summed E-state index contributed by atoms with van der Waals surface area (Å²) in [4.78, 5) is 0. The van der Waals surface area contributed by atoms with Crippen molar-refractivity contribution in [2.75, 3.05) is 20.3 Å². The Balaban J connectivity index is 3.28. The second-order valence-electron chi connectivity index (χ2n) is 2.58. The molecule has 2 unspecified atom stereocenters. The molecule has 0 amide bonds. The zero-order valence-electron chi connectivity index (χ0n) is 7.54. The molecule has 68 valence electrons. The summed E-state index contributed by atoms with van der Waals surface area (Å²) in [5.41, 5.74) is 0. The fourth-order valence-electron chi connectivity index (χ4n) is 0.641. The fraction of sp³-hybridized carbons (Fsp3) is 1.00. The number of hydrogen-bond donors (Lipinski definition) is 1. The van der Waals surface area contributed by atoms with E-state index in [0.717, 1.165) is 6.42 Å². The van der Waals surface area contributed by atoms with E-state index < -0.39 is 6.10 Å². The Bertz CT molecular complexity index is 85.4. The highest BCUT2D eigenvalue weighted by Crippen LogP contribution is 1.97. The topological polar surface area (TPSA) is 38.7 Å². The molecule has 0 rings (SSSR count). The second kappa shape index (κ2) is 6.58. The van der Waals surface area contributed by atoms with E-state index in [1.807, 2.05) is 13.8 Å². The van der Waals surface area contributed by atoms with Crippen LogP contribution in [-0.4, -0.2) is 37.6 Å². The molecule has 0 bridgehead atoms. The van der Waals surface area contributed by atoms with E-state index in [1.165, 1.54) is 0 Å². The van der Waals surface area contributed by atoms with E-state index in [2.05, 4.69) is 0 Å². The van der Waals surface area contributed by atoms with Gasteiger partial charge in [-0.3, -0.25) is 0 Å². The zero-order chi connectivity index (χ0) is 8.69. The van der Waals surface area contributed by atoms with Gasteiger partial charge >= 0.3 is 0 Å². The van der Waals surface area contributed by atoms with Crippen LogP contribution in [0.2, 0.25) is 0 Å². The summed E-state index contributed by atoms with van der Waals surface area (Å²) in [5.74, 6) is 0. The van der Waals surface area contributed by atoms with E-state index in [-0.39, 0.29) is 6.10 Å². The highest BCUT2D eigenvalue weighted by atomic mass is 16.5. The lowest BCUT2D eigenvalue weighted by molar-refractivity contribution is -0.0474. The monoisotopic (exact) mass is 162 g/mol. The van der Waals surface area contributed by atoms with Gasteiger partial charge in [-0.25, -0.2) is 0 Å². The summed E-state index contributed by atoms with van der Waals surface area (Å²) >= 11 is 0. The van der Waals surface area contributed by atoms with Crippen LogP contribution in [0, 0.1) is 0 Å². The molecule has 0 aliphatic rings.